The number of aromatic nitrogens is 5. The lowest BCUT2D eigenvalue weighted by Gasteiger charge is -2.06. The Balaban J connectivity index is 2.16. The van der Waals surface area contributed by atoms with Gasteiger partial charge >= 0.3 is 5.97 Å². The van der Waals surface area contributed by atoms with Crippen molar-refractivity contribution < 1.29 is 9.90 Å². The summed E-state index contributed by atoms with van der Waals surface area (Å²) in [6.45, 7) is 2.61. The van der Waals surface area contributed by atoms with Crippen molar-refractivity contribution in [3.05, 3.63) is 29.3 Å². The minimum atomic E-state index is -1.02. The summed E-state index contributed by atoms with van der Waals surface area (Å²) >= 11 is 0. The van der Waals surface area contributed by atoms with Gasteiger partial charge in [-0.1, -0.05) is 18.6 Å². The van der Waals surface area contributed by atoms with Gasteiger partial charge in [-0.2, -0.15) is 5.10 Å². The molecule has 7 nitrogen and oxygen atoms in total. The number of carboxylic acid groups (broad SMARTS) is 1. The highest BCUT2D eigenvalue weighted by Crippen LogP contribution is 2.10. The monoisotopic (exact) mass is 263 g/mol. The number of aryl methyl sites for hydroxylation is 3. The van der Waals surface area contributed by atoms with Gasteiger partial charge in [-0.15, -0.1) is 5.10 Å². The Morgan fingerprint density at radius 3 is 2.79 bits per heavy atom. The van der Waals surface area contributed by atoms with Crippen LogP contribution in [-0.2, 0) is 26.4 Å². The van der Waals surface area contributed by atoms with E-state index in [0.717, 1.165) is 18.5 Å². The molecule has 0 atom stereocenters. The third kappa shape index (κ3) is 2.81. The van der Waals surface area contributed by atoms with Crippen molar-refractivity contribution in [2.24, 2.45) is 7.05 Å². The Morgan fingerprint density at radius 2 is 2.21 bits per heavy atom. The average Bonchev–Trinajstić information content (AvgIpc) is 2.94. The van der Waals surface area contributed by atoms with E-state index >= 15 is 0 Å². The van der Waals surface area contributed by atoms with Crippen molar-refractivity contribution in [2.45, 2.75) is 32.7 Å². The van der Waals surface area contributed by atoms with E-state index in [1.165, 1.54) is 0 Å². The van der Waals surface area contributed by atoms with Crippen LogP contribution < -0.4 is 0 Å². The molecule has 2 heterocycles. The van der Waals surface area contributed by atoms with Crippen molar-refractivity contribution in [3.8, 4) is 0 Å². The van der Waals surface area contributed by atoms with E-state index in [1.54, 1.807) is 15.6 Å². The lowest BCUT2D eigenvalue weighted by atomic mass is 10.2. The van der Waals surface area contributed by atoms with Crippen molar-refractivity contribution in [1.82, 2.24) is 24.8 Å². The standard InChI is InChI=1S/C12H17N5O2/c1-3-4-10-11(12(18)19)14-15-17(10)8-6-9-5-7-13-16(9)2/h5,7H,3-4,6,8H2,1-2H3,(H,18,19). The highest BCUT2D eigenvalue weighted by atomic mass is 16.4. The van der Waals surface area contributed by atoms with Crippen molar-refractivity contribution in [1.29, 1.82) is 0 Å². The number of aromatic carboxylic acids is 1. The summed E-state index contributed by atoms with van der Waals surface area (Å²) in [5.41, 5.74) is 1.83. The second kappa shape index (κ2) is 5.64. The number of hydrogen-bond donors (Lipinski definition) is 1. The molecule has 2 rings (SSSR count). The first-order valence-corrected chi connectivity index (χ1v) is 6.26. The lowest BCUT2D eigenvalue weighted by Crippen LogP contribution is -2.11. The summed E-state index contributed by atoms with van der Waals surface area (Å²) in [5.74, 6) is -1.02. The molecule has 0 amide bonds. The van der Waals surface area contributed by atoms with E-state index in [0.29, 0.717) is 18.7 Å². The predicted octanol–water partition coefficient (Wildman–Crippen LogP) is 0.905. The molecule has 1 N–H and O–H groups in total. The SMILES string of the molecule is CCCc1c(C(=O)O)nnn1CCc1ccnn1C. The lowest BCUT2D eigenvalue weighted by molar-refractivity contribution is 0.0689. The molecule has 0 fully saturated rings. The zero-order valence-electron chi connectivity index (χ0n) is 11.1. The molecule has 2 aromatic heterocycles. The first-order valence-electron chi connectivity index (χ1n) is 6.26. The Hall–Kier alpha value is -2.18. The fourth-order valence-electron chi connectivity index (χ4n) is 2.03. The largest absolute Gasteiger partial charge is 0.476 e. The highest BCUT2D eigenvalue weighted by Gasteiger charge is 2.18. The van der Waals surface area contributed by atoms with Gasteiger partial charge in [0, 0.05) is 31.9 Å². The maximum absolute atomic E-state index is 11.1. The fraction of sp³-hybridized carbons (Fsp3) is 0.500. The third-order valence-corrected chi connectivity index (χ3v) is 3.03. The molecule has 7 heteroatoms. The zero-order chi connectivity index (χ0) is 13.8. The van der Waals surface area contributed by atoms with Crippen LogP contribution in [-0.4, -0.2) is 35.9 Å². The number of nitrogens with zero attached hydrogens (tertiary/aromatic N) is 5. The Kier molecular flexibility index (Phi) is 3.94. The number of rotatable bonds is 6. The first kappa shape index (κ1) is 13.3. The molecule has 0 saturated carbocycles. The minimum absolute atomic E-state index is 0.0619. The van der Waals surface area contributed by atoms with E-state index in [4.69, 9.17) is 5.11 Å². The van der Waals surface area contributed by atoms with Crippen LogP contribution in [0.2, 0.25) is 0 Å². The molecule has 19 heavy (non-hydrogen) atoms. The second-order valence-corrected chi connectivity index (χ2v) is 4.36. The average molecular weight is 263 g/mol. The van der Waals surface area contributed by atoms with E-state index in [2.05, 4.69) is 15.4 Å². The molecule has 102 valence electrons. The van der Waals surface area contributed by atoms with Gasteiger partial charge in [0.05, 0.1) is 5.69 Å². The fourth-order valence-corrected chi connectivity index (χ4v) is 2.03. The van der Waals surface area contributed by atoms with E-state index in [9.17, 15) is 4.79 Å². The maximum Gasteiger partial charge on any atom is 0.358 e. The summed E-state index contributed by atoms with van der Waals surface area (Å²) in [5, 5.41) is 20.9. The van der Waals surface area contributed by atoms with Crippen LogP contribution >= 0.6 is 0 Å². The van der Waals surface area contributed by atoms with Gasteiger partial charge in [0.25, 0.3) is 0 Å². The molecule has 0 aromatic carbocycles. The molecule has 0 radical (unpaired) electrons. The van der Waals surface area contributed by atoms with Gasteiger partial charge in [-0.3, -0.25) is 4.68 Å². The summed E-state index contributed by atoms with van der Waals surface area (Å²) in [4.78, 5) is 11.1. The van der Waals surface area contributed by atoms with Crippen LogP contribution in [0.3, 0.4) is 0 Å². The molecule has 0 spiro atoms. The van der Waals surface area contributed by atoms with Gasteiger partial charge in [-0.05, 0) is 12.5 Å². The Labute approximate surface area is 110 Å². The van der Waals surface area contributed by atoms with Gasteiger partial charge in [-0.25, -0.2) is 9.48 Å². The minimum Gasteiger partial charge on any atom is -0.476 e. The Bertz CT molecular complexity index is 572. The highest BCUT2D eigenvalue weighted by molar-refractivity contribution is 5.86. The molecule has 0 aliphatic rings. The molecule has 0 saturated heterocycles. The topological polar surface area (TPSA) is 85.8 Å². The first-order chi connectivity index (χ1) is 9.13. The third-order valence-electron chi connectivity index (χ3n) is 3.03. The van der Waals surface area contributed by atoms with E-state index in [-0.39, 0.29) is 5.69 Å². The molecule has 2 aromatic rings. The van der Waals surface area contributed by atoms with Crippen LogP contribution in [0.1, 0.15) is 35.2 Å². The number of hydrogen-bond acceptors (Lipinski definition) is 4. The summed E-state index contributed by atoms with van der Waals surface area (Å²) in [7, 11) is 1.88. The number of carboxylic acids is 1. The van der Waals surface area contributed by atoms with E-state index in [1.807, 2.05) is 20.0 Å². The van der Waals surface area contributed by atoms with Crippen LogP contribution in [0.5, 0.6) is 0 Å². The van der Waals surface area contributed by atoms with Gasteiger partial charge in [0.15, 0.2) is 5.69 Å². The van der Waals surface area contributed by atoms with Crippen LogP contribution in [0.15, 0.2) is 12.3 Å². The van der Waals surface area contributed by atoms with Gasteiger partial charge < -0.3 is 5.11 Å². The second-order valence-electron chi connectivity index (χ2n) is 4.36. The predicted molar refractivity (Wildman–Crippen MR) is 67.9 cm³/mol. The quantitative estimate of drug-likeness (QED) is 0.837. The molecular weight excluding hydrogens is 246 g/mol. The maximum atomic E-state index is 11.1. The molecule has 0 aliphatic heterocycles. The normalized spacial score (nSPS) is 10.8. The molecular formula is C12H17N5O2. The smallest absolute Gasteiger partial charge is 0.358 e. The molecule has 0 aliphatic carbocycles. The molecule has 0 bridgehead atoms. The van der Waals surface area contributed by atoms with Crippen molar-refractivity contribution >= 4 is 5.97 Å². The van der Waals surface area contributed by atoms with Crippen LogP contribution in [0, 0.1) is 0 Å². The van der Waals surface area contributed by atoms with E-state index < -0.39 is 5.97 Å². The zero-order valence-corrected chi connectivity index (χ0v) is 11.1. The summed E-state index contributed by atoms with van der Waals surface area (Å²) in [6, 6.07) is 1.94. The summed E-state index contributed by atoms with van der Waals surface area (Å²) in [6.07, 6.45) is 4.02. The number of carbonyl (C=O) groups is 1. The van der Waals surface area contributed by atoms with Gasteiger partial charge in [0.2, 0.25) is 0 Å². The van der Waals surface area contributed by atoms with Crippen molar-refractivity contribution in [2.75, 3.05) is 0 Å². The molecule has 0 unspecified atom stereocenters. The van der Waals surface area contributed by atoms with Gasteiger partial charge in [0.1, 0.15) is 0 Å². The van der Waals surface area contributed by atoms with Crippen molar-refractivity contribution in [3.63, 3.8) is 0 Å². The van der Waals surface area contributed by atoms with Crippen LogP contribution in [0.4, 0.5) is 0 Å². The Morgan fingerprint density at radius 1 is 1.42 bits per heavy atom. The summed E-state index contributed by atoms with van der Waals surface area (Å²) < 4.78 is 3.48. The van der Waals surface area contributed by atoms with Crippen LogP contribution in [0.25, 0.3) is 0 Å².